The summed E-state index contributed by atoms with van der Waals surface area (Å²) < 4.78 is 34.1. The highest BCUT2D eigenvalue weighted by Gasteiger charge is 2.40. The van der Waals surface area contributed by atoms with Crippen molar-refractivity contribution in [3.8, 4) is 0 Å². The number of ether oxygens (including phenoxy) is 1. The molecule has 174 valence electrons. The molecule has 1 fully saturated rings. The van der Waals surface area contributed by atoms with Gasteiger partial charge in [0.15, 0.2) is 0 Å². The lowest BCUT2D eigenvalue weighted by atomic mass is 9.88. The first kappa shape index (κ1) is 25.0. The van der Waals surface area contributed by atoms with Gasteiger partial charge in [0, 0.05) is 13.0 Å². The number of hydrogen-bond acceptors (Lipinski definition) is 5. The molecule has 2 aromatic carbocycles. The van der Waals surface area contributed by atoms with Crippen LogP contribution in [-0.2, 0) is 35.9 Å². The van der Waals surface area contributed by atoms with Crippen LogP contribution < -0.4 is 0 Å². The van der Waals surface area contributed by atoms with E-state index < -0.39 is 15.7 Å². The van der Waals surface area contributed by atoms with Crippen LogP contribution >= 0.6 is 23.2 Å². The minimum absolute atomic E-state index is 0.0215. The number of halogens is 2. The smallest absolute Gasteiger partial charge is 0.264 e. The number of carbonyl (C=O) groups is 1. The van der Waals surface area contributed by atoms with Crippen molar-refractivity contribution in [3.05, 3.63) is 68.7 Å². The third-order valence-electron chi connectivity index (χ3n) is 5.42. The zero-order valence-electron chi connectivity index (χ0n) is 18.4. The van der Waals surface area contributed by atoms with Crippen LogP contribution in [-0.4, -0.2) is 51.8 Å². The third-order valence-corrected chi connectivity index (χ3v) is 6.76. The van der Waals surface area contributed by atoms with Crippen LogP contribution in [0.4, 0.5) is 0 Å². The van der Waals surface area contributed by atoms with Crippen molar-refractivity contribution in [3.63, 3.8) is 0 Å². The number of carbonyl (C=O) groups excluding carboxylic acids is 1. The van der Waals surface area contributed by atoms with Crippen molar-refractivity contribution in [2.24, 2.45) is 0 Å². The lowest BCUT2D eigenvalue weighted by molar-refractivity contribution is -0.154. The SMILES string of the molecule is Cc1cc(C)cc(CC(=O)N2CCOC(CCOS(C)(=O)=O)(c3ccc(Cl)c(Cl)c3)C2)c1. The maximum Gasteiger partial charge on any atom is 0.264 e. The summed E-state index contributed by atoms with van der Waals surface area (Å²) in [6.07, 6.45) is 1.51. The molecule has 32 heavy (non-hydrogen) atoms. The van der Waals surface area contributed by atoms with Crippen LogP contribution in [0.1, 0.15) is 28.7 Å². The molecule has 3 rings (SSSR count). The van der Waals surface area contributed by atoms with Crippen LogP contribution in [0.5, 0.6) is 0 Å². The normalized spacial score (nSPS) is 19.2. The summed E-state index contributed by atoms with van der Waals surface area (Å²) in [5, 5.41) is 0.756. The van der Waals surface area contributed by atoms with Gasteiger partial charge >= 0.3 is 0 Å². The molecule has 2 aromatic rings. The van der Waals surface area contributed by atoms with Gasteiger partial charge in [0.1, 0.15) is 5.60 Å². The van der Waals surface area contributed by atoms with Gasteiger partial charge in [-0.15, -0.1) is 0 Å². The Morgan fingerprint density at radius 2 is 1.81 bits per heavy atom. The van der Waals surface area contributed by atoms with E-state index in [0.29, 0.717) is 28.8 Å². The average Bonchev–Trinajstić information content (AvgIpc) is 2.68. The minimum atomic E-state index is -3.61. The molecule has 1 heterocycles. The molecular weight excluding hydrogens is 473 g/mol. The first-order valence-corrected chi connectivity index (χ1v) is 12.8. The predicted molar refractivity (Wildman–Crippen MR) is 126 cm³/mol. The van der Waals surface area contributed by atoms with E-state index in [-0.39, 0.29) is 31.9 Å². The lowest BCUT2D eigenvalue weighted by Crippen LogP contribution is -2.52. The standard InChI is InChI=1S/C23H27Cl2NO5S/c1-16-10-17(2)12-18(11-16)13-22(27)26-7-9-30-23(15-26,6-8-31-32(3,28)29)19-4-5-20(24)21(25)14-19/h4-5,10-12,14H,6-9,13,15H2,1-3H3. The Hall–Kier alpha value is -1.64. The van der Waals surface area contributed by atoms with E-state index in [2.05, 4.69) is 6.07 Å². The molecule has 0 aliphatic carbocycles. The zero-order chi connectivity index (χ0) is 23.5. The topological polar surface area (TPSA) is 72.9 Å². The first-order chi connectivity index (χ1) is 15.0. The van der Waals surface area contributed by atoms with Gasteiger partial charge in [0.25, 0.3) is 10.1 Å². The highest BCUT2D eigenvalue weighted by molar-refractivity contribution is 7.85. The molecule has 0 spiro atoms. The number of hydrogen-bond donors (Lipinski definition) is 0. The molecule has 0 N–H and O–H groups in total. The second kappa shape index (κ2) is 10.1. The third kappa shape index (κ3) is 6.45. The van der Waals surface area contributed by atoms with Crippen molar-refractivity contribution in [1.82, 2.24) is 4.90 Å². The molecule has 1 unspecified atom stereocenters. The van der Waals surface area contributed by atoms with Crippen LogP contribution in [0, 0.1) is 13.8 Å². The molecule has 0 bridgehead atoms. The number of morpholine rings is 1. The molecular formula is C23H27Cl2NO5S. The molecule has 0 aromatic heterocycles. The number of aryl methyl sites for hydroxylation is 2. The second-order valence-electron chi connectivity index (χ2n) is 8.24. The maximum absolute atomic E-state index is 13.2. The van der Waals surface area contributed by atoms with E-state index in [1.807, 2.05) is 26.0 Å². The lowest BCUT2D eigenvalue weighted by Gasteiger charge is -2.43. The van der Waals surface area contributed by atoms with Crippen molar-refractivity contribution >= 4 is 39.2 Å². The fraction of sp³-hybridized carbons (Fsp3) is 0.435. The van der Waals surface area contributed by atoms with Gasteiger partial charge in [-0.25, -0.2) is 0 Å². The average molecular weight is 500 g/mol. The van der Waals surface area contributed by atoms with Gasteiger partial charge in [-0.05, 0) is 37.1 Å². The van der Waals surface area contributed by atoms with E-state index in [1.165, 1.54) is 0 Å². The Morgan fingerprint density at radius 1 is 1.12 bits per heavy atom. The van der Waals surface area contributed by atoms with Crippen LogP contribution in [0.3, 0.4) is 0 Å². The summed E-state index contributed by atoms with van der Waals surface area (Å²) in [5.41, 5.74) is 2.93. The zero-order valence-corrected chi connectivity index (χ0v) is 20.7. The fourth-order valence-electron chi connectivity index (χ4n) is 4.06. The Balaban J connectivity index is 1.85. The van der Waals surface area contributed by atoms with Crippen LogP contribution in [0.25, 0.3) is 0 Å². The van der Waals surface area contributed by atoms with E-state index >= 15 is 0 Å². The molecule has 0 radical (unpaired) electrons. The Labute approximate surface area is 199 Å². The minimum Gasteiger partial charge on any atom is -0.366 e. The molecule has 6 nitrogen and oxygen atoms in total. The number of rotatable bonds is 7. The highest BCUT2D eigenvalue weighted by Crippen LogP contribution is 2.37. The molecule has 1 aliphatic heterocycles. The Kier molecular flexibility index (Phi) is 7.89. The molecule has 1 saturated heterocycles. The van der Waals surface area contributed by atoms with E-state index in [1.54, 1.807) is 23.1 Å². The number of benzene rings is 2. The summed E-state index contributed by atoms with van der Waals surface area (Å²) in [6, 6.07) is 11.2. The van der Waals surface area contributed by atoms with E-state index in [4.69, 9.17) is 32.1 Å². The molecule has 1 atom stereocenters. The summed E-state index contributed by atoms with van der Waals surface area (Å²) in [4.78, 5) is 14.9. The second-order valence-corrected chi connectivity index (χ2v) is 10.7. The van der Waals surface area contributed by atoms with Gasteiger partial charge in [0.05, 0.1) is 42.5 Å². The van der Waals surface area contributed by atoms with Gasteiger partial charge in [-0.1, -0.05) is 58.6 Å². The van der Waals surface area contributed by atoms with Crippen molar-refractivity contribution in [2.45, 2.75) is 32.3 Å². The highest BCUT2D eigenvalue weighted by atomic mass is 35.5. The largest absolute Gasteiger partial charge is 0.366 e. The fourth-order valence-corrected chi connectivity index (χ4v) is 4.75. The van der Waals surface area contributed by atoms with Gasteiger partial charge < -0.3 is 9.64 Å². The predicted octanol–water partition coefficient (Wildman–Crippen LogP) is 4.27. The van der Waals surface area contributed by atoms with E-state index in [9.17, 15) is 13.2 Å². The summed E-state index contributed by atoms with van der Waals surface area (Å²) in [7, 11) is -3.61. The van der Waals surface area contributed by atoms with E-state index in [0.717, 1.165) is 22.9 Å². The molecule has 1 amide bonds. The summed E-state index contributed by atoms with van der Waals surface area (Å²) in [5.74, 6) is -0.0215. The number of amides is 1. The van der Waals surface area contributed by atoms with Crippen molar-refractivity contribution in [2.75, 3.05) is 32.6 Å². The number of nitrogens with zero attached hydrogens (tertiary/aromatic N) is 1. The van der Waals surface area contributed by atoms with Crippen LogP contribution in [0.15, 0.2) is 36.4 Å². The van der Waals surface area contributed by atoms with Crippen LogP contribution in [0.2, 0.25) is 10.0 Å². The Morgan fingerprint density at radius 3 is 2.44 bits per heavy atom. The molecule has 9 heteroatoms. The summed E-state index contributed by atoms with van der Waals surface area (Å²) >= 11 is 12.3. The molecule has 1 aliphatic rings. The van der Waals surface area contributed by atoms with Crippen molar-refractivity contribution in [1.29, 1.82) is 0 Å². The summed E-state index contributed by atoms with van der Waals surface area (Å²) in [6.45, 7) is 4.93. The van der Waals surface area contributed by atoms with Crippen molar-refractivity contribution < 1.29 is 22.1 Å². The van der Waals surface area contributed by atoms with Gasteiger partial charge in [-0.2, -0.15) is 8.42 Å². The van der Waals surface area contributed by atoms with Gasteiger partial charge in [0.2, 0.25) is 5.91 Å². The molecule has 0 saturated carbocycles. The maximum atomic E-state index is 13.2. The van der Waals surface area contributed by atoms with Gasteiger partial charge in [-0.3, -0.25) is 8.98 Å². The quantitative estimate of drug-likeness (QED) is 0.531. The first-order valence-electron chi connectivity index (χ1n) is 10.3. The monoisotopic (exact) mass is 499 g/mol. The Bertz CT molecular complexity index is 1090.